The standard InChI is InChI=1S/C41H72O5/c1-4-7-10-13-15-17-18-19-20-21-22-23-24-25-26-29-31-34-40(42)45-38-39(46-41(43)35-32-28-12-9-6-3)37-44-36-33-30-27-16-14-11-8-5-2/h7,10,15,17,19-20,22-23,39H,4-6,8-9,11-14,16,18,21,24-38H2,1-3H3/b10-7-,17-15-,20-19-,23-22-. The van der Waals surface area contributed by atoms with Gasteiger partial charge in [0.05, 0.1) is 6.61 Å². The molecule has 266 valence electrons. The van der Waals surface area contributed by atoms with Gasteiger partial charge in [-0.25, -0.2) is 0 Å². The minimum atomic E-state index is -0.535. The summed E-state index contributed by atoms with van der Waals surface area (Å²) in [4.78, 5) is 24.8. The molecule has 5 nitrogen and oxygen atoms in total. The van der Waals surface area contributed by atoms with Crippen molar-refractivity contribution in [2.45, 2.75) is 181 Å². The third kappa shape index (κ3) is 34.7. The molecule has 5 heteroatoms. The highest BCUT2D eigenvalue weighted by Crippen LogP contribution is 2.11. The maximum atomic E-state index is 12.4. The first-order chi connectivity index (χ1) is 22.6. The van der Waals surface area contributed by atoms with E-state index in [0.717, 1.165) is 89.9 Å². The van der Waals surface area contributed by atoms with Crippen molar-refractivity contribution in [3.05, 3.63) is 48.6 Å². The summed E-state index contributed by atoms with van der Waals surface area (Å²) in [6.07, 6.45) is 42.7. The number of carbonyl (C=O) groups excluding carboxylic acids is 2. The molecule has 0 amide bonds. The van der Waals surface area contributed by atoms with Crippen molar-refractivity contribution in [1.29, 1.82) is 0 Å². The first-order valence-electron chi connectivity index (χ1n) is 19.2. The normalized spacial score (nSPS) is 12.7. The molecule has 0 saturated heterocycles. The molecule has 0 saturated carbocycles. The van der Waals surface area contributed by atoms with Gasteiger partial charge in [0.1, 0.15) is 6.61 Å². The largest absolute Gasteiger partial charge is 0.462 e. The number of hydrogen-bond acceptors (Lipinski definition) is 5. The summed E-state index contributed by atoms with van der Waals surface area (Å²) < 4.78 is 17.0. The lowest BCUT2D eigenvalue weighted by Crippen LogP contribution is -2.30. The molecule has 1 atom stereocenters. The Morgan fingerprint density at radius 2 is 0.978 bits per heavy atom. The number of allylic oxidation sites excluding steroid dienone is 8. The van der Waals surface area contributed by atoms with Gasteiger partial charge in [-0.3, -0.25) is 9.59 Å². The lowest BCUT2D eigenvalue weighted by atomic mass is 10.1. The first-order valence-corrected chi connectivity index (χ1v) is 19.2. The maximum Gasteiger partial charge on any atom is 0.306 e. The SMILES string of the molecule is CC/C=C\C/C=C\C/C=C\C/C=C\CCCCCCC(=O)OCC(COCCCCCCCCCC)OC(=O)CCCCCCC. The van der Waals surface area contributed by atoms with Crippen molar-refractivity contribution in [2.75, 3.05) is 19.8 Å². The molecule has 0 aromatic carbocycles. The molecule has 0 aliphatic carbocycles. The predicted molar refractivity (Wildman–Crippen MR) is 196 cm³/mol. The van der Waals surface area contributed by atoms with Crippen LogP contribution in [0.4, 0.5) is 0 Å². The van der Waals surface area contributed by atoms with Gasteiger partial charge in [-0.1, -0.05) is 153 Å². The third-order valence-electron chi connectivity index (χ3n) is 7.88. The highest BCUT2D eigenvalue weighted by atomic mass is 16.6. The molecule has 0 heterocycles. The highest BCUT2D eigenvalue weighted by Gasteiger charge is 2.17. The number of esters is 2. The van der Waals surface area contributed by atoms with Crippen LogP contribution in [-0.2, 0) is 23.8 Å². The van der Waals surface area contributed by atoms with Gasteiger partial charge in [0.2, 0.25) is 0 Å². The quantitative estimate of drug-likeness (QED) is 0.0396. The van der Waals surface area contributed by atoms with Crippen molar-refractivity contribution in [1.82, 2.24) is 0 Å². The molecule has 0 radical (unpaired) electrons. The van der Waals surface area contributed by atoms with Gasteiger partial charge in [0.25, 0.3) is 0 Å². The number of carbonyl (C=O) groups is 2. The fourth-order valence-corrected chi connectivity index (χ4v) is 5.03. The zero-order valence-corrected chi connectivity index (χ0v) is 30.3. The molecule has 0 bridgehead atoms. The van der Waals surface area contributed by atoms with E-state index in [-0.39, 0.29) is 25.2 Å². The molecule has 0 aromatic heterocycles. The van der Waals surface area contributed by atoms with E-state index in [1.165, 1.54) is 51.4 Å². The van der Waals surface area contributed by atoms with E-state index in [9.17, 15) is 9.59 Å². The molecule has 0 rings (SSSR count). The molecule has 1 unspecified atom stereocenters. The lowest BCUT2D eigenvalue weighted by molar-refractivity contribution is -0.163. The van der Waals surface area contributed by atoms with E-state index < -0.39 is 6.10 Å². The molecule has 0 aliphatic rings. The van der Waals surface area contributed by atoms with Crippen LogP contribution < -0.4 is 0 Å². The molecule has 0 aliphatic heterocycles. The molecule has 0 aromatic rings. The van der Waals surface area contributed by atoms with Crippen LogP contribution in [0.2, 0.25) is 0 Å². The topological polar surface area (TPSA) is 61.8 Å². The first kappa shape index (κ1) is 43.9. The molecular weight excluding hydrogens is 572 g/mol. The summed E-state index contributed by atoms with van der Waals surface area (Å²) in [6, 6.07) is 0. The minimum absolute atomic E-state index is 0.0731. The van der Waals surface area contributed by atoms with E-state index in [1.807, 2.05) is 0 Å². The fraction of sp³-hybridized carbons (Fsp3) is 0.756. The zero-order valence-electron chi connectivity index (χ0n) is 30.3. The number of ether oxygens (including phenoxy) is 3. The second-order valence-electron chi connectivity index (χ2n) is 12.5. The Bertz CT molecular complexity index is 782. The smallest absolute Gasteiger partial charge is 0.306 e. The summed E-state index contributed by atoms with van der Waals surface area (Å²) in [5, 5.41) is 0. The molecular formula is C41H72O5. The monoisotopic (exact) mass is 645 g/mol. The van der Waals surface area contributed by atoms with E-state index in [4.69, 9.17) is 14.2 Å². The summed E-state index contributed by atoms with van der Waals surface area (Å²) >= 11 is 0. The average molecular weight is 645 g/mol. The van der Waals surface area contributed by atoms with Crippen molar-refractivity contribution in [3.63, 3.8) is 0 Å². The zero-order chi connectivity index (χ0) is 33.6. The number of unbranched alkanes of at least 4 members (excludes halogenated alkanes) is 15. The Morgan fingerprint density at radius 1 is 0.500 bits per heavy atom. The van der Waals surface area contributed by atoms with Gasteiger partial charge in [-0.15, -0.1) is 0 Å². The predicted octanol–water partition coefficient (Wildman–Crippen LogP) is 12.1. The molecule has 0 fully saturated rings. The van der Waals surface area contributed by atoms with E-state index in [0.29, 0.717) is 19.4 Å². The Kier molecular flexibility index (Phi) is 35.6. The van der Waals surface area contributed by atoms with Gasteiger partial charge in [-0.05, 0) is 57.8 Å². The second-order valence-corrected chi connectivity index (χ2v) is 12.5. The van der Waals surface area contributed by atoms with E-state index in [2.05, 4.69) is 69.4 Å². The molecule has 46 heavy (non-hydrogen) atoms. The van der Waals surface area contributed by atoms with Crippen LogP contribution in [0.3, 0.4) is 0 Å². The van der Waals surface area contributed by atoms with Crippen molar-refractivity contribution < 1.29 is 23.8 Å². The van der Waals surface area contributed by atoms with Crippen molar-refractivity contribution >= 4 is 11.9 Å². The Morgan fingerprint density at radius 3 is 1.57 bits per heavy atom. The van der Waals surface area contributed by atoms with Crippen LogP contribution in [0.25, 0.3) is 0 Å². The Balaban J connectivity index is 4.12. The van der Waals surface area contributed by atoms with Crippen LogP contribution in [-0.4, -0.2) is 37.9 Å². The van der Waals surface area contributed by atoms with Crippen molar-refractivity contribution in [3.8, 4) is 0 Å². The van der Waals surface area contributed by atoms with Gasteiger partial charge < -0.3 is 14.2 Å². The second kappa shape index (κ2) is 37.3. The summed E-state index contributed by atoms with van der Waals surface area (Å²) in [7, 11) is 0. The molecule has 0 N–H and O–H groups in total. The van der Waals surface area contributed by atoms with Crippen LogP contribution >= 0.6 is 0 Å². The van der Waals surface area contributed by atoms with Crippen LogP contribution in [0.1, 0.15) is 175 Å². The van der Waals surface area contributed by atoms with Gasteiger partial charge in [0, 0.05) is 19.4 Å². The molecule has 0 spiro atoms. The van der Waals surface area contributed by atoms with Gasteiger partial charge in [-0.2, -0.15) is 0 Å². The van der Waals surface area contributed by atoms with Crippen LogP contribution in [0.5, 0.6) is 0 Å². The highest BCUT2D eigenvalue weighted by molar-refractivity contribution is 5.70. The maximum absolute atomic E-state index is 12.4. The van der Waals surface area contributed by atoms with Gasteiger partial charge >= 0.3 is 11.9 Å². The van der Waals surface area contributed by atoms with Crippen LogP contribution in [0.15, 0.2) is 48.6 Å². The average Bonchev–Trinajstić information content (AvgIpc) is 3.05. The summed E-state index contributed by atoms with van der Waals surface area (Å²) in [6.45, 7) is 7.58. The Labute approximate surface area is 284 Å². The van der Waals surface area contributed by atoms with Gasteiger partial charge in [0.15, 0.2) is 6.10 Å². The van der Waals surface area contributed by atoms with E-state index in [1.54, 1.807) is 0 Å². The minimum Gasteiger partial charge on any atom is -0.462 e. The fourth-order valence-electron chi connectivity index (χ4n) is 5.03. The third-order valence-corrected chi connectivity index (χ3v) is 7.88. The summed E-state index contributed by atoms with van der Waals surface area (Å²) in [5.41, 5.74) is 0. The lowest BCUT2D eigenvalue weighted by Gasteiger charge is -2.18. The van der Waals surface area contributed by atoms with Crippen LogP contribution in [0, 0.1) is 0 Å². The number of rotatable bonds is 34. The van der Waals surface area contributed by atoms with E-state index >= 15 is 0 Å². The Hall–Kier alpha value is -2.14. The van der Waals surface area contributed by atoms with Crippen molar-refractivity contribution in [2.24, 2.45) is 0 Å². The number of hydrogen-bond donors (Lipinski definition) is 0. The summed E-state index contributed by atoms with van der Waals surface area (Å²) in [5.74, 6) is -0.441.